The van der Waals surface area contributed by atoms with Crippen molar-refractivity contribution in [2.24, 2.45) is 0 Å². The van der Waals surface area contributed by atoms with E-state index in [0.29, 0.717) is 27.7 Å². The van der Waals surface area contributed by atoms with E-state index >= 15 is 0 Å². The van der Waals surface area contributed by atoms with Gasteiger partial charge in [0.25, 0.3) is 0 Å². The average Bonchev–Trinajstić information content (AvgIpc) is 2.78. The third kappa shape index (κ3) is 4.16. The number of aromatic nitrogens is 1. The van der Waals surface area contributed by atoms with Crippen LogP contribution in [0.4, 0.5) is 0 Å². The van der Waals surface area contributed by atoms with Gasteiger partial charge < -0.3 is 4.74 Å². The zero-order valence-corrected chi connectivity index (χ0v) is 17.8. The van der Waals surface area contributed by atoms with E-state index in [-0.39, 0.29) is 5.78 Å². The fraction of sp³-hybridized carbons (Fsp3) is 0.0800. The molecule has 0 saturated carbocycles. The van der Waals surface area contributed by atoms with E-state index in [2.05, 4.69) is 15.9 Å². The summed E-state index contributed by atoms with van der Waals surface area (Å²) in [5.74, 6) is -0.792. The van der Waals surface area contributed by atoms with Gasteiger partial charge in [-0.25, -0.2) is 9.78 Å². The summed E-state index contributed by atoms with van der Waals surface area (Å²) in [4.78, 5) is 30.3. The predicted molar refractivity (Wildman–Crippen MR) is 121 cm³/mol. The highest BCUT2D eigenvalue weighted by molar-refractivity contribution is 9.10. The Morgan fingerprint density at radius 3 is 2.30 bits per heavy atom. The largest absolute Gasteiger partial charge is 0.451 e. The zero-order valence-electron chi connectivity index (χ0n) is 16.2. The van der Waals surface area contributed by atoms with Crippen molar-refractivity contribution in [2.45, 2.75) is 13.0 Å². The van der Waals surface area contributed by atoms with Crippen LogP contribution in [0.1, 0.15) is 27.6 Å². The van der Waals surface area contributed by atoms with Crippen LogP contribution in [0.25, 0.3) is 22.2 Å². The van der Waals surface area contributed by atoms with Crippen molar-refractivity contribution in [3.63, 3.8) is 0 Å². The summed E-state index contributed by atoms with van der Waals surface area (Å²) in [6, 6.07) is 25.6. The number of para-hydroxylation sites is 1. The molecule has 148 valence electrons. The van der Waals surface area contributed by atoms with Crippen LogP contribution in [0.15, 0.2) is 89.4 Å². The van der Waals surface area contributed by atoms with E-state index in [1.54, 1.807) is 37.3 Å². The topological polar surface area (TPSA) is 56.3 Å². The highest BCUT2D eigenvalue weighted by Gasteiger charge is 2.22. The molecule has 30 heavy (non-hydrogen) atoms. The molecular formula is C25H18BrNO3. The highest BCUT2D eigenvalue weighted by Crippen LogP contribution is 2.27. The standard InChI is InChI=1S/C25H18BrNO3/c1-16(24(28)18-7-3-2-4-8-18)30-25(29)21-15-23(17-11-13-19(26)14-12-17)27-22-10-6-5-9-20(21)22/h2-16H,1H3/t16-/m1/s1. The van der Waals surface area contributed by atoms with Crippen LogP contribution in [0, 0.1) is 0 Å². The Morgan fingerprint density at radius 2 is 1.57 bits per heavy atom. The number of hydrogen-bond donors (Lipinski definition) is 0. The number of hydrogen-bond acceptors (Lipinski definition) is 4. The Labute approximate surface area is 182 Å². The number of esters is 1. The molecule has 0 spiro atoms. The summed E-state index contributed by atoms with van der Waals surface area (Å²) >= 11 is 3.43. The van der Waals surface area contributed by atoms with Crippen LogP contribution in [0.5, 0.6) is 0 Å². The lowest BCUT2D eigenvalue weighted by Crippen LogP contribution is -2.24. The molecule has 0 aliphatic rings. The van der Waals surface area contributed by atoms with Gasteiger partial charge in [-0.1, -0.05) is 76.6 Å². The van der Waals surface area contributed by atoms with Crippen LogP contribution in [0.2, 0.25) is 0 Å². The van der Waals surface area contributed by atoms with Crippen molar-refractivity contribution >= 4 is 38.6 Å². The SMILES string of the molecule is C[C@@H](OC(=O)c1cc(-c2ccc(Br)cc2)nc2ccccc12)C(=O)c1ccccc1. The molecule has 0 bridgehead atoms. The van der Waals surface area contributed by atoms with Gasteiger partial charge in [0.05, 0.1) is 16.8 Å². The number of benzene rings is 3. The number of pyridine rings is 1. The summed E-state index contributed by atoms with van der Waals surface area (Å²) in [5, 5.41) is 0.683. The van der Waals surface area contributed by atoms with Gasteiger partial charge in [0.15, 0.2) is 6.10 Å². The minimum Gasteiger partial charge on any atom is -0.451 e. The fourth-order valence-electron chi connectivity index (χ4n) is 3.23. The first-order valence-corrected chi connectivity index (χ1v) is 10.3. The Hall–Kier alpha value is -3.31. The summed E-state index contributed by atoms with van der Waals surface area (Å²) in [6.07, 6.45) is -0.900. The Bertz CT molecular complexity index is 1220. The van der Waals surface area contributed by atoms with Gasteiger partial charge in [-0.05, 0) is 31.2 Å². The minimum absolute atomic E-state index is 0.240. The van der Waals surface area contributed by atoms with Gasteiger partial charge in [-0.3, -0.25) is 4.79 Å². The zero-order chi connectivity index (χ0) is 21.1. The number of halogens is 1. The molecule has 1 aromatic heterocycles. The first-order valence-electron chi connectivity index (χ1n) is 9.49. The van der Waals surface area contributed by atoms with Crippen LogP contribution >= 0.6 is 15.9 Å². The van der Waals surface area contributed by atoms with Crippen molar-refractivity contribution in [2.75, 3.05) is 0 Å². The molecule has 5 heteroatoms. The molecule has 0 aliphatic carbocycles. The van der Waals surface area contributed by atoms with Crippen molar-refractivity contribution in [3.05, 3.63) is 101 Å². The van der Waals surface area contributed by atoms with E-state index in [1.807, 2.05) is 54.6 Å². The maximum atomic E-state index is 13.0. The Kier molecular flexibility index (Phi) is 5.72. The predicted octanol–water partition coefficient (Wildman–Crippen LogP) is 6.09. The molecule has 4 aromatic rings. The molecule has 0 radical (unpaired) electrons. The summed E-state index contributed by atoms with van der Waals surface area (Å²) in [5.41, 5.74) is 3.12. The molecule has 1 atom stereocenters. The maximum absolute atomic E-state index is 13.0. The van der Waals surface area contributed by atoms with Gasteiger partial charge in [-0.2, -0.15) is 0 Å². The van der Waals surface area contributed by atoms with Crippen molar-refractivity contribution in [1.82, 2.24) is 4.98 Å². The van der Waals surface area contributed by atoms with Gasteiger partial charge in [0.2, 0.25) is 5.78 Å². The van der Waals surface area contributed by atoms with Crippen molar-refractivity contribution < 1.29 is 14.3 Å². The van der Waals surface area contributed by atoms with Crippen LogP contribution in [-0.4, -0.2) is 22.8 Å². The molecular weight excluding hydrogens is 442 g/mol. The van der Waals surface area contributed by atoms with Crippen LogP contribution < -0.4 is 0 Å². The van der Waals surface area contributed by atoms with E-state index < -0.39 is 12.1 Å². The number of carbonyl (C=O) groups excluding carboxylic acids is 2. The second kappa shape index (κ2) is 8.59. The van der Waals surface area contributed by atoms with Gasteiger partial charge >= 0.3 is 5.97 Å². The van der Waals surface area contributed by atoms with Crippen LogP contribution in [0.3, 0.4) is 0 Å². The average molecular weight is 460 g/mol. The second-order valence-corrected chi connectivity index (χ2v) is 7.77. The van der Waals surface area contributed by atoms with Gasteiger partial charge in [0.1, 0.15) is 0 Å². The summed E-state index contributed by atoms with van der Waals surface area (Å²) < 4.78 is 6.51. The Morgan fingerprint density at radius 1 is 0.900 bits per heavy atom. The smallest absolute Gasteiger partial charge is 0.339 e. The normalized spacial score (nSPS) is 11.8. The third-order valence-electron chi connectivity index (χ3n) is 4.79. The Balaban J connectivity index is 1.69. The molecule has 0 aliphatic heterocycles. The first kappa shape index (κ1) is 20.0. The third-order valence-corrected chi connectivity index (χ3v) is 5.32. The molecule has 0 amide bonds. The number of carbonyl (C=O) groups is 2. The number of ketones is 1. The van der Waals surface area contributed by atoms with Gasteiger partial charge in [-0.15, -0.1) is 0 Å². The molecule has 0 unspecified atom stereocenters. The second-order valence-electron chi connectivity index (χ2n) is 6.86. The molecule has 1 heterocycles. The highest BCUT2D eigenvalue weighted by atomic mass is 79.9. The lowest BCUT2D eigenvalue weighted by molar-refractivity contribution is 0.0320. The maximum Gasteiger partial charge on any atom is 0.339 e. The van der Waals surface area contributed by atoms with E-state index in [1.165, 1.54) is 0 Å². The quantitative estimate of drug-likeness (QED) is 0.267. The molecule has 0 fully saturated rings. The first-order chi connectivity index (χ1) is 14.5. The van der Waals surface area contributed by atoms with E-state index in [9.17, 15) is 9.59 Å². The summed E-state index contributed by atoms with van der Waals surface area (Å²) in [6.45, 7) is 1.59. The molecule has 0 N–H and O–H groups in total. The number of fused-ring (bicyclic) bond motifs is 1. The molecule has 0 saturated heterocycles. The fourth-order valence-corrected chi connectivity index (χ4v) is 3.49. The lowest BCUT2D eigenvalue weighted by atomic mass is 10.0. The molecule has 4 rings (SSSR count). The van der Waals surface area contributed by atoms with Crippen molar-refractivity contribution in [3.8, 4) is 11.3 Å². The lowest BCUT2D eigenvalue weighted by Gasteiger charge is -2.14. The van der Waals surface area contributed by atoms with Gasteiger partial charge in [0, 0.05) is 21.0 Å². The van der Waals surface area contributed by atoms with Crippen LogP contribution in [-0.2, 0) is 4.74 Å². The minimum atomic E-state index is -0.900. The monoisotopic (exact) mass is 459 g/mol. The van der Waals surface area contributed by atoms with E-state index in [4.69, 9.17) is 9.72 Å². The molecule has 4 nitrogen and oxygen atoms in total. The molecule has 3 aromatic carbocycles. The van der Waals surface area contributed by atoms with E-state index in [0.717, 1.165) is 10.0 Å². The van der Waals surface area contributed by atoms with Crippen molar-refractivity contribution in [1.29, 1.82) is 0 Å². The number of Topliss-reactive ketones (excluding diaryl/α,β-unsaturated/α-hetero) is 1. The number of ether oxygens (including phenoxy) is 1. The number of nitrogens with zero attached hydrogens (tertiary/aromatic N) is 1. The summed E-state index contributed by atoms with van der Waals surface area (Å²) in [7, 11) is 0. The number of rotatable bonds is 5.